The molecule has 7 nitrogen and oxygen atoms in total. The second-order valence-corrected chi connectivity index (χ2v) is 8.97. The van der Waals surface area contributed by atoms with Gasteiger partial charge in [0.1, 0.15) is 17.8 Å². The van der Waals surface area contributed by atoms with Crippen LogP contribution in [0.5, 0.6) is 0 Å². The van der Waals surface area contributed by atoms with Crippen molar-refractivity contribution in [3.05, 3.63) is 0 Å². The van der Waals surface area contributed by atoms with E-state index in [0.29, 0.717) is 12.8 Å². The average Bonchev–Trinajstić information content (AvgIpc) is 2.79. The first kappa shape index (κ1) is 31.9. The van der Waals surface area contributed by atoms with Gasteiger partial charge in [0.2, 0.25) is 0 Å². The topological polar surface area (TPSA) is 88.1 Å². The number of halogens is 1. The number of unbranched alkanes of at least 4 members (excludes halogenated alkanes) is 12. The molecule has 0 saturated heterocycles. The summed E-state index contributed by atoms with van der Waals surface area (Å²) in [7, 11) is 0. The van der Waals surface area contributed by atoms with E-state index < -0.39 is 12.3 Å². The molecule has 0 fully saturated rings. The summed E-state index contributed by atoms with van der Waals surface area (Å²) < 4.78 is 20.5. The normalized spacial score (nSPS) is 11.6. The lowest BCUT2D eigenvalue weighted by molar-refractivity contribution is -0.162. The Kier molecular flexibility index (Phi) is 23.3. The van der Waals surface area contributed by atoms with Crippen LogP contribution in [0, 0.1) is 0 Å². The molecule has 0 aliphatic rings. The van der Waals surface area contributed by atoms with Crippen LogP contribution in [0.25, 0.3) is 0 Å². The fraction of sp³-hybridized carbons (Fsp3) is 0.880. The van der Waals surface area contributed by atoms with Crippen LogP contribution >= 0.6 is 22.6 Å². The highest BCUT2D eigenvalue weighted by Crippen LogP contribution is 2.11. The minimum atomic E-state index is -0.841. The number of rotatable bonds is 22. The van der Waals surface area contributed by atoms with E-state index in [9.17, 15) is 14.4 Å². The zero-order chi connectivity index (χ0) is 24.6. The molecule has 1 atom stereocenters. The van der Waals surface area contributed by atoms with Crippen molar-refractivity contribution in [1.82, 2.24) is 0 Å². The number of ether oxygens (including phenoxy) is 4. The minimum absolute atomic E-state index is 0.129. The Bertz CT molecular complexity index is 499. The van der Waals surface area contributed by atoms with Crippen LogP contribution in [0.2, 0.25) is 0 Å². The molecule has 0 aromatic rings. The maximum absolute atomic E-state index is 12.2. The molecule has 0 bridgehead atoms. The van der Waals surface area contributed by atoms with E-state index in [1.807, 2.05) is 22.6 Å². The molecule has 0 N–H and O–H groups in total. The summed E-state index contributed by atoms with van der Waals surface area (Å²) in [5.41, 5.74) is 0. The van der Waals surface area contributed by atoms with Gasteiger partial charge in [0.15, 0.2) is 6.10 Å². The van der Waals surface area contributed by atoms with Crippen molar-refractivity contribution >= 4 is 40.7 Å². The van der Waals surface area contributed by atoms with Gasteiger partial charge in [0.05, 0.1) is 0 Å². The third kappa shape index (κ3) is 22.5. The van der Waals surface area contributed by atoms with Gasteiger partial charge in [-0.2, -0.15) is 0 Å². The SMILES string of the molecule is CCCCCCCCCC(=O)OCC(COC(=O)OCI)OC(=O)CCCCCCCCC. The molecule has 0 aliphatic carbocycles. The van der Waals surface area contributed by atoms with Gasteiger partial charge in [-0.1, -0.05) is 90.9 Å². The van der Waals surface area contributed by atoms with Gasteiger partial charge in [-0.3, -0.25) is 9.59 Å². The summed E-state index contributed by atoms with van der Waals surface area (Å²) in [6.45, 7) is 4.04. The summed E-state index contributed by atoms with van der Waals surface area (Å²) >= 11 is 1.88. The first-order chi connectivity index (χ1) is 16.0. The molecule has 0 radical (unpaired) electrons. The van der Waals surface area contributed by atoms with E-state index in [4.69, 9.17) is 18.9 Å². The van der Waals surface area contributed by atoms with E-state index in [1.165, 1.54) is 51.4 Å². The average molecular weight is 585 g/mol. The number of hydrogen-bond donors (Lipinski definition) is 0. The van der Waals surface area contributed by atoms with Gasteiger partial charge in [-0.05, 0) is 35.4 Å². The van der Waals surface area contributed by atoms with E-state index in [1.54, 1.807) is 0 Å². The Morgan fingerprint density at radius 3 is 1.58 bits per heavy atom. The van der Waals surface area contributed by atoms with Crippen molar-refractivity contribution in [2.75, 3.05) is 17.8 Å². The van der Waals surface area contributed by atoms with E-state index in [2.05, 4.69) is 13.8 Å². The van der Waals surface area contributed by atoms with Crippen molar-refractivity contribution in [3.63, 3.8) is 0 Å². The second kappa shape index (κ2) is 24.1. The molecule has 33 heavy (non-hydrogen) atoms. The lowest BCUT2D eigenvalue weighted by Crippen LogP contribution is -2.31. The molecule has 0 spiro atoms. The van der Waals surface area contributed by atoms with Gasteiger partial charge in [0.25, 0.3) is 0 Å². The molecule has 0 aromatic heterocycles. The van der Waals surface area contributed by atoms with Crippen molar-refractivity contribution in [3.8, 4) is 0 Å². The standard InChI is InChI=1S/C25H45IO7/c1-3-5-7-9-11-13-15-17-23(27)30-19-22(20-31-25(29)32-21-26)33-24(28)18-16-14-12-10-8-6-4-2/h22H,3-21H2,1-2H3. The first-order valence-electron chi connectivity index (χ1n) is 12.7. The molecule has 0 saturated carbocycles. The van der Waals surface area contributed by atoms with E-state index >= 15 is 0 Å². The van der Waals surface area contributed by atoms with Crippen molar-refractivity contribution in [2.24, 2.45) is 0 Å². The Morgan fingerprint density at radius 2 is 1.06 bits per heavy atom. The third-order valence-electron chi connectivity index (χ3n) is 5.26. The molecule has 1 unspecified atom stereocenters. The molecule has 0 rings (SSSR count). The lowest BCUT2D eigenvalue weighted by atomic mass is 10.1. The number of alkyl halides is 1. The highest BCUT2D eigenvalue weighted by molar-refractivity contribution is 14.1. The minimum Gasteiger partial charge on any atom is -0.462 e. The fourth-order valence-corrected chi connectivity index (χ4v) is 3.57. The first-order valence-corrected chi connectivity index (χ1v) is 14.3. The van der Waals surface area contributed by atoms with Crippen LogP contribution < -0.4 is 0 Å². The molecule has 0 aliphatic heterocycles. The van der Waals surface area contributed by atoms with E-state index in [0.717, 1.165) is 38.5 Å². The molecular weight excluding hydrogens is 539 g/mol. The van der Waals surface area contributed by atoms with Crippen LogP contribution in [0.1, 0.15) is 117 Å². The maximum atomic E-state index is 12.2. The van der Waals surface area contributed by atoms with Gasteiger partial charge in [0, 0.05) is 12.8 Å². The second-order valence-electron chi connectivity index (χ2n) is 8.35. The largest absolute Gasteiger partial charge is 0.509 e. The highest BCUT2D eigenvalue weighted by atomic mass is 127. The third-order valence-corrected chi connectivity index (χ3v) is 5.57. The Balaban J connectivity index is 4.21. The summed E-state index contributed by atoms with van der Waals surface area (Å²) in [6.07, 6.45) is 14.5. The molecule has 0 amide bonds. The molecule has 194 valence electrons. The number of hydrogen-bond acceptors (Lipinski definition) is 7. The zero-order valence-electron chi connectivity index (χ0n) is 20.7. The van der Waals surface area contributed by atoms with Crippen LogP contribution in [-0.2, 0) is 28.5 Å². The molecular formula is C25H45IO7. The predicted octanol–water partition coefficient (Wildman–Crippen LogP) is 7.27. The number of esters is 2. The monoisotopic (exact) mass is 584 g/mol. The predicted molar refractivity (Wildman–Crippen MR) is 137 cm³/mol. The smallest absolute Gasteiger partial charge is 0.462 e. The molecule has 0 heterocycles. The summed E-state index contributed by atoms with van der Waals surface area (Å²) in [4.78, 5) is 35.7. The van der Waals surface area contributed by atoms with Gasteiger partial charge in [-0.25, -0.2) is 4.79 Å². The van der Waals surface area contributed by atoms with Crippen molar-refractivity contribution in [1.29, 1.82) is 0 Å². The van der Waals surface area contributed by atoms with E-state index in [-0.39, 0.29) is 29.8 Å². The fourth-order valence-electron chi connectivity index (χ4n) is 3.32. The molecule has 8 heteroatoms. The molecule has 0 aromatic carbocycles. The quantitative estimate of drug-likeness (QED) is 0.0435. The van der Waals surface area contributed by atoms with Crippen LogP contribution in [0.3, 0.4) is 0 Å². The van der Waals surface area contributed by atoms with Gasteiger partial charge in [-0.15, -0.1) is 0 Å². The van der Waals surface area contributed by atoms with Gasteiger partial charge >= 0.3 is 18.1 Å². The lowest BCUT2D eigenvalue weighted by Gasteiger charge is -2.18. The van der Waals surface area contributed by atoms with Crippen molar-refractivity contribution in [2.45, 2.75) is 123 Å². The zero-order valence-corrected chi connectivity index (χ0v) is 22.9. The maximum Gasteiger partial charge on any atom is 0.509 e. The summed E-state index contributed by atoms with van der Waals surface area (Å²) in [5, 5.41) is 0. The summed E-state index contributed by atoms with van der Waals surface area (Å²) in [5.74, 6) is -0.700. The number of carbonyl (C=O) groups is 3. The van der Waals surface area contributed by atoms with Gasteiger partial charge < -0.3 is 18.9 Å². The Labute approximate surface area is 214 Å². The highest BCUT2D eigenvalue weighted by Gasteiger charge is 2.19. The van der Waals surface area contributed by atoms with Crippen molar-refractivity contribution < 1.29 is 33.3 Å². The van der Waals surface area contributed by atoms with Crippen LogP contribution in [0.15, 0.2) is 0 Å². The van der Waals surface area contributed by atoms with Crippen LogP contribution in [-0.4, -0.2) is 42.0 Å². The summed E-state index contributed by atoms with van der Waals surface area (Å²) in [6, 6.07) is 0. The Morgan fingerprint density at radius 1 is 0.606 bits per heavy atom. The Hall–Kier alpha value is -1.06. The van der Waals surface area contributed by atoms with Crippen LogP contribution in [0.4, 0.5) is 4.79 Å². The number of carbonyl (C=O) groups excluding carboxylic acids is 3.